The molecule has 2 aromatic carbocycles. The van der Waals surface area contributed by atoms with E-state index in [9.17, 15) is 22.8 Å². The number of isocyanates is 2. The molecule has 0 bridgehead atoms. The predicted molar refractivity (Wildman–Crippen MR) is 85.2 cm³/mol. The van der Waals surface area contributed by atoms with Crippen LogP contribution in [0.1, 0.15) is 0 Å². The van der Waals surface area contributed by atoms with Crippen molar-refractivity contribution in [2.75, 3.05) is 0 Å². The molecule has 2 rings (SSSR count). The molecule has 0 saturated carbocycles. The summed E-state index contributed by atoms with van der Waals surface area (Å²) in [6.07, 6.45) is -2.05. The van der Waals surface area contributed by atoms with Gasteiger partial charge in [0.25, 0.3) is 0 Å². The average molecular weight is 391 g/mol. The summed E-state index contributed by atoms with van der Waals surface area (Å²) < 4.78 is 38.6. The third-order valence-corrected chi connectivity index (χ3v) is 3.06. The number of ether oxygens (including phenoxy) is 1. The van der Waals surface area contributed by atoms with Gasteiger partial charge in [-0.25, -0.2) is 9.59 Å². The molecule has 2 aromatic rings. The lowest BCUT2D eigenvalue weighted by atomic mass is 10.3. The largest absolute Gasteiger partial charge is 0.573 e. The highest BCUT2D eigenvalue weighted by atomic mass is 35.5. The Morgan fingerprint density at radius 3 is 1.84 bits per heavy atom. The highest BCUT2D eigenvalue weighted by Gasteiger charge is 2.30. The number of rotatable bonds is 3. The van der Waals surface area contributed by atoms with Gasteiger partial charge < -0.3 is 4.74 Å². The van der Waals surface area contributed by atoms with E-state index < -0.39 is 6.36 Å². The molecule has 0 amide bonds. The Morgan fingerprint density at radius 2 is 1.36 bits per heavy atom. The molecule has 0 N–H and O–H groups in total. The first-order chi connectivity index (χ1) is 11.7. The molecule has 0 unspecified atom stereocenters. The van der Waals surface area contributed by atoms with Gasteiger partial charge in [0.15, 0.2) is 0 Å². The number of halogens is 5. The van der Waals surface area contributed by atoms with E-state index in [0.29, 0.717) is 15.7 Å². The van der Waals surface area contributed by atoms with Gasteiger partial charge in [-0.05, 0) is 42.5 Å². The maximum absolute atomic E-state index is 11.7. The Labute approximate surface area is 149 Å². The van der Waals surface area contributed by atoms with Crippen LogP contribution in [0.4, 0.5) is 24.5 Å². The number of nitrogens with zero attached hydrogens (tertiary/aromatic N) is 2. The smallest absolute Gasteiger partial charge is 0.406 e. The van der Waals surface area contributed by atoms with E-state index >= 15 is 0 Å². The van der Waals surface area contributed by atoms with Crippen molar-refractivity contribution in [3.05, 3.63) is 52.5 Å². The molecule has 0 aliphatic carbocycles. The number of benzene rings is 2. The fraction of sp³-hybridized carbons (Fsp3) is 0.0667. The molecule has 0 aliphatic rings. The van der Waals surface area contributed by atoms with Crippen molar-refractivity contribution in [2.45, 2.75) is 6.36 Å². The summed E-state index contributed by atoms with van der Waals surface area (Å²) in [6.45, 7) is 0. The number of hydrogen-bond acceptors (Lipinski definition) is 5. The third-order valence-electron chi connectivity index (χ3n) is 2.32. The Hall–Kier alpha value is -2.63. The van der Waals surface area contributed by atoms with Crippen LogP contribution in [-0.2, 0) is 9.59 Å². The van der Waals surface area contributed by atoms with Crippen LogP contribution < -0.4 is 4.74 Å². The molecule has 0 radical (unpaired) electrons. The lowest BCUT2D eigenvalue weighted by Gasteiger charge is -2.07. The second-order valence-corrected chi connectivity index (χ2v) is 4.86. The average Bonchev–Trinajstić information content (AvgIpc) is 2.53. The normalized spacial score (nSPS) is 9.80. The standard InChI is InChI=1S/C8H4F3NO2.C7H3Cl2NO/c9-8(10,11)14-7-3-1-6(2-4-7)12-5-13;8-6-2-1-5(10-4-11)3-7(6)9/h1-4H;1-3H. The SMILES string of the molecule is O=C=Nc1ccc(Cl)c(Cl)c1.O=C=Nc1ccc(OC(F)(F)F)cc1. The fourth-order valence-corrected chi connectivity index (χ4v) is 1.67. The highest BCUT2D eigenvalue weighted by molar-refractivity contribution is 6.42. The maximum Gasteiger partial charge on any atom is 0.573 e. The molecule has 0 atom stereocenters. The lowest BCUT2D eigenvalue weighted by molar-refractivity contribution is -0.274. The molecule has 0 aromatic heterocycles. The van der Waals surface area contributed by atoms with Crippen molar-refractivity contribution >= 4 is 46.7 Å². The number of alkyl halides is 3. The molecule has 5 nitrogen and oxygen atoms in total. The van der Waals surface area contributed by atoms with Gasteiger partial charge >= 0.3 is 6.36 Å². The maximum atomic E-state index is 11.7. The lowest BCUT2D eigenvalue weighted by Crippen LogP contribution is -2.16. The summed E-state index contributed by atoms with van der Waals surface area (Å²) in [5, 5.41) is 0.819. The molecule has 0 saturated heterocycles. The molecule has 0 heterocycles. The van der Waals surface area contributed by atoms with Gasteiger partial charge in [-0.15, -0.1) is 13.2 Å². The van der Waals surface area contributed by atoms with E-state index in [2.05, 4.69) is 14.7 Å². The zero-order valence-corrected chi connectivity index (χ0v) is 13.6. The van der Waals surface area contributed by atoms with Gasteiger partial charge in [0.05, 0.1) is 21.4 Å². The minimum absolute atomic E-state index is 0.217. The molecule has 25 heavy (non-hydrogen) atoms. The van der Waals surface area contributed by atoms with Crippen LogP contribution in [0.15, 0.2) is 52.4 Å². The van der Waals surface area contributed by atoms with E-state index in [1.165, 1.54) is 30.4 Å². The predicted octanol–water partition coefficient (Wildman–Crippen LogP) is 5.51. The summed E-state index contributed by atoms with van der Waals surface area (Å²) in [4.78, 5) is 26.1. The van der Waals surface area contributed by atoms with Crippen LogP contribution in [0, 0.1) is 0 Å². The van der Waals surface area contributed by atoms with Crippen molar-refractivity contribution < 1.29 is 27.5 Å². The number of aliphatic imine (C=N–C) groups is 2. The monoisotopic (exact) mass is 390 g/mol. The molecular weight excluding hydrogens is 384 g/mol. The van der Waals surface area contributed by atoms with E-state index in [1.54, 1.807) is 12.1 Å². The molecule has 130 valence electrons. The Bertz CT molecular complexity index is 814. The first-order valence-corrected chi connectivity index (χ1v) is 6.97. The molecule has 0 spiro atoms. The van der Waals surface area contributed by atoms with Crippen molar-refractivity contribution in [3.63, 3.8) is 0 Å². The quantitative estimate of drug-likeness (QED) is 0.512. The second kappa shape index (κ2) is 9.61. The van der Waals surface area contributed by atoms with Crippen LogP contribution in [-0.4, -0.2) is 18.5 Å². The molecule has 10 heteroatoms. The van der Waals surface area contributed by atoms with Crippen LogP contribution in [0.2, 0.25) is 10.0 Å². The van der Waals surface area contributed by atoms with Crippen LogP contribution in [0.5, 0.6) is 5.75 Å². The van der Waals surface area contributed by atoms with E-state index in [0.717, 1.165) is 12.1 Å². The minimum atomic E-state index is -4.71. The number of hydrogen-bond donors (Lipinski definition) is 0. The Balaban J connectivity index is 0.000000257. The molecule has 0 aliphatic heterocycles. The molecule has 0 fully saturated rings. The Kier molecular flexibility index (Phi) is 7.85. The zero-order valence-electron chi connectivity index (χ0n) is 12.1. The van der Waals surface area contributed by atoms with Crippen LogP contribution >= 0.6 is 23.2 Å². The zero-order chi connectivity index (χ0) is 18.9. The highest BCUT2D eigenvalue weighted by Crippen LogP contribution is 2.26. The van der Waals surface area contributed by atoms with Crippen LogP contribution in [0.25, 0.3) is 0 Å². The second-order valence-electron chi connectivity index (χ2n) is 4.05. The summed E-state index contributed by atoms with van der Waals surface area (Å²) in [6, 6.07) is 9.19. The summed E-state index contributed by atoms with van der Waals surface area (Å²) in [7, 11) is 0. The van der Waals surface area contributed by atoms with E-state index in [1.807, 2.05) is 0 Å². The van der Waals surface area contributed by atoms with Crippen molar-refractivity contribution in [3.8, 4) is 5.75 Å². The first kappa shape index (κ1) is 20.4. The Morgan fingerprint density at radius 1 is 0.840 bits per heavy atom. The van der Waals surface area contributed by atoms with Gasteiger partial charge in [-0.3, -0.25) is 0 Å². The van der Waals surface area contributed by atoms with Crippen LogP contribution in [0.3, 0.4) is 0 Å². The van der Waals surface area contributed by atoms with Gasteiger partial charge in [0.1, 0.15) is 5.75 Å². The van der Waals surface area contributed by atoms with Gasteiger partial charge in [-0.2, -0.15) is 9.98 Å². The van der Waals surface area contributed by atoms with E-state index in [-0.39, 0.29) is 11.4 Å². The fourth-order valence-electron chi connectivity index (χ4n) is 1.38. The summed E-state index contributed by atoms with van der Waals surface area (Å²) >= 11 is 11.2. The van der Waals surface area contributed by atoms with Crippen molar-refractivity contribution in [1.29, 1.82) is 0 Å². The van der Waals surface area contributed by atoms with E-state index in [4.69, 9.17) is 23.2 Å². The van der Waals surface area contributed by atoms with Gasteiger partial charge in [0.2, 0.25) is 12.2 Å². The third kappa shape index (κ3) is 8.15. The summed E-state index contributed by atoms with van der Waals surface area (Å²) in [5.41, 5.74) is 0.670. The number of carbonyl (C=O) groups excluding carboxylic acids is 2. The van der Waals surface area contributed by atoms with Gasteiger partial charge in [-0.1, -0.05) is 23.2 Å². The van der Waals surface area contributed by atoms with Crippen molar-refractivity contribution in [1.82, 2.24) is 0 Å². The van der Waals surface area contributed by atoms with Crippen molar-refractivity contribution in [2.24, 2.45) is 9.98 Å². The molecular formula is C15H7Cl2F3N2O3. The first-order valence-electron chi connectivity index (χ1n) is 6.22. The summed E-state index contributed by atoms with van der Waals surface area (Å²) in [5.74, 6) is -0.359. The van der Waals surface area contributed by atoms with Gasteiger partial charge in [0, 0.05) is 0 Å². The minimum Gasteiger partial charge on any atom is -0.406 e. The topological polar surface area (TPSA) is 68.1 Å².